The zero-order valence-corrected chi connectivity index (χ0v) is 14.5. The molecule has 1 aliphatic rings. The number of amides is 1. The van der Waals surface area contributed by atoms with Gasteiger partial charge in [-0.15, -0.1) is 0 Å². The van der Waals surface area contributed by atoms with Crippen LogP contribution in [0.1, 0.15) is 43.0 Å². The number of carbonyl (C=O) groups excluding carboxylic acids is 2. The van der Waals surface area contributed by atoms with Crippen LogP contribution in [0.5, 0.6) is 11.5 Å². The van der Waals surface area contributed by atoms with Crippen LogP contribution in [0.15, 0.2) is 18.2 Å². The lowest BCUT2D eigenvalue weighted by molar-refractivity contribution is -0.125. The first-order valence-electron chi connectivity index (χ1n) is 8.24. The summed E-state index contributed by atoms with van der Waals surface area (Å²) in [5.41, 5.74) is 0.182. The van der Waals surface area contributed by atoms with E-state index in [1.54, 1.807) is 18.2 Å². The van der Waals surface area contributed by atoms with Gasteiger partial charge in [0.2, 0.25) is 0 Å². The third-order valence-corrected chi connectivity index (χ3v) is 4.42. The van der Waals surface area contributed by atoms with Crippen molar-refractivity contribution in [2.75, 3.05) is 20.8 Å². The monoisotopic (exact) mass is 335 g/mol. The van der Waals surface area contributed by atoms with E-state index in [-0.39, 0.29) is 24.1 Å². The van der Waals surface area contributed by atoms with Crippen molar-refractivity contribution >= 4 is 11.9 Å². The van der Waals surface area contributed by atoms with E-state index < -0.39 is 5.97 Å². The maximum atomic E-state index is 12.3. The molecule has 1 N–H and O–H groups in total. The van der Waals surface area contributed by atoms with Gasteiger partial charge in [0, 0.05) is 6.04 Å². The first kappa shape index (κ1) is 18.1. The Morgan fingerprint density at radius 1 is 1.12 bits per heavy atom. The second-order valence-electron chi connectivity index (χ2n) is 6.05. The highest BCUT2D eigenvalue weighted by molar-refractivity contribution is 5.96. The summed E-state index contributed by atoms with van der Waals surface area (Å²) in [5, 5.41) is 2.95. The third kappa shape index (κ3) is 4.40. The molecule has 1 aromatic rings. The van der Waals surface area contributed by atoms with Gasteiger partial charge in [0.15, 0.2) is 6.61 Å². The van der Waals surface area contributed by atoms with Gasteiger partial charge in [0.05, 0.1) is 14.2 Å². The predicted octanol–water partition coefficient (Wildman–Crippen LogP) is 2.56. The van der Waals surface area contributed by atoms with Crippen LogP contribution < -0.4 is 14.8 Å². The van der Waals surface area contributed by atoms with Crippen LogP contribution in [0.25, 0.3) is 0 Å². The van der Waals surface area contributed by atoms with Crippen molar-refractivity contribution in [1.29, 1.82) is 0 Å². The molecule has 1 saturated carbocycles. The molecule has 1 fully saturated rings. The summed E-state index contributed by atoms with van der Waals surface area (Å²) in [7, 11) is 2.92. The van der Waals surface area contributed by atoms with Crippen LogP contribution >= 0.6 is 0 Å². The largest absolute Gasteiger partial charge is 0.496 e. The van der Waals surface area contributed by atoms with E-state index in [9.17, 15) is 9.59 Å². The Hall–Kier alpha value is -2.24. The molecule has 24 heavy (non-hydrogen) atoms. The number of rotatable bonds is 6. The summed E-state index contributed by atoms with van der Waals surface area (Å²) in [6.07, 6.45) is 4.41. The molecule has 2 rings (SSSR count). The van der Waals surface area contributed by atoms with E-state index >= 15 is 0 Å². The van der Waals surface area contributed by atoms with E-state index in [1.807, 2.05) is 0 Å². The van der Waals surface area contributed by atoms with Crippen molar-refractivity contribution in [3.05, 3.63) is 23.8 Å². The fraction of sp³-hybridized carbons (Fsp3) is 0.556. The lowest BCUT2D eigenvalue weighted by Crippen LogP contribution is -2.42. The number of carbonyl (C=O) groups is 2. The number of esters is 1. The highest BCUT2D eigenvalue weighted by Gasteiger charge is 2.24. The van der Waals surface area contributed by atoms with Gasteiger partial charge in [0.25, 0.3) is 5.91 Å². The number of benzene rings is 1. The average molecular weight is 335 g/mol. The van der Waals surface area contributed by atoms with Crippen molar-refractivity contribution in [2.45, 2.75) is 38.6 Å². The molecule has 132 valence electrons. The molecule has 1 aliphatic carbocycles. The molecule has 0 bridgehead atoms. The van der Waals surface area contributed by atoms with E-state index in [2.05, 4.69) is 12.2 Å². The Labute approximate surface area is 142 Å². The Morgan fingerprint density at radius 2 is 1.75 bits per heavy atom. The maximum Gasteiger partial charge on any atom is 0.346 e. The highest BCUT2D eigenvalue weighted by Crippen LogP contribution is 2.29. The summed E-state index contributed by atoms with van der Waals surface area (Å²) < 4.78 is 15.5. The number of hydrogen-bond acceptors (Lipinski definition) is 5. The second-order valence-corrected chi connectivity index (χ2v) is 6.05. The van der Waals surface area contributed by atoms with Gasteiger partial charge in [-0.2, -0.15) is 0 Å². The van der Waals surface area contributed by atoms with Gasteiger partial charge in [0.1, 0.15) is 17.1 Å². The lowest BCUT2D eigenvalue weighted by Gasteiger charge is -2.29. The number of nitrogens with one attached hydrogen (secondary N) is 1. The fourth-order valence-corrected chi connectivity index (χ4v) is 3.03. The number of methoxy groups -OCH3 is 2. The van der Waals surface area contributed by atoms with Gasteiger partial charge < -0.3 is 19.5 Å². The SMILES string of the molecule is COc1cccc(OC)c1C(=O)OCC(=O)N[C@H]1CCCC[C@@H]1C. The fourth-order valence-electron chi connectivity index (χ4n) is 3.03. The maximum absolute atomic E-state index is 12.3. The Balaban J connectivity index is 1.94. The first-order valence-corrected chi connectivity index (χ1v) is 8.24. The van der Waals surface area contributed by atoms with Gasteiger partial charge in [-0.1, -0.05) is 25.8 Å². The number of hydrogen-bond donors (Lipinski definition) is 1. The van der Waals surface area contributed by atoms with Crippen molar-refractivity contribution < 1.29 is 23.8 Å². The molecule has 0 aliphatic heterocycles. The molecule has 1 aromatic carbocycles. The average Bonchev–Trinajstić information content (AvgIpc) is 2.60. The standard InChI is InChI=1S/C18H25NO5/c1-12-7-4-5-8-13(12)19-16(20)11-24-18(21)17-14(22-2)9-6-10-15(17)23-3/h6,9-10,12-13H,4-5,7-8,11H2,1-3H3,(H,19,20)/t12-,13-/m0/s1. The summed E-state index contributed by atoms with van der Waals surface area (Å²) in [6, 6.07) is 5.16. The van der Waals surface area contributed by atoms with Crippen LogP contribution in [0.4, 0.5) is 0 Å². The van der Waals surface area contributed by atoms with Gasteiger partial charge in [-0.05, 0) is 30.9 Å². The van der Waals surface area contributed by atoms with E-state index in [0.29, 0.717) is 17.4 Å². The minimum atomic E-state index is -0.642. The highest BCUT2D eigenvalue weighted by atomic mass is 16.5. The Kier molecular flexibility index (Phi) is 6.46. The van der Waals surface area contributed by atoms with E-state index in [1.165, 1.54) is 20.6 Å². The molecule has 0 heterocycles. The van der Waals surface area contributed by atoms with Crippen molar-refractivity contribution in [1.82, 2.24) is 5.32 Å². The molecule has 0 unspecified atom stereocenters. The second kappa shape index (κ2) is 8.57. The molecule has 0 aromatic heterocycles. The zero-order valence-electron chi connectivity index (χ0n) is 14.5. The summed E-state index contributed by atoms with van der Waals surface area (Å²) in [4.78, 5) is 24.4. The molecule has 6 heteroatoms. The van der Waals surface area contributed by atoms with E-state index in [0.717, 1.165) is 19.3 Å². The summed E-state index contributed by atoms with van der Waals surface area (Å²) in [5.74, 6) is 0.223. The Morgan fingerprint density at radius 3 is 2.33 bits per heavy atom. The molecule has 1 amide bonds. The minimum absolute atomic E-state index is 0.158. The first-order chi connectivity index (χ1) is 11.6. The molecule has 0 saturated heterocycles. The molecule has 0 spiro atoms. The molecular formula is C18H25NO5. The minimum Gasteiger partial charge on any atom is -0.496 e. The van der Waals surface area contributed by atoms with Gasteiger partial charge >= 0.3 is 5.97 Å². The van der Waals surface area contributed by atoms with Crippen molar-refractivity contribution in [3.63, 3.8) is 0 Å². The lowest BCUT2D eigenvalue weighted by atomic mass is 9.86. The van der Waals surface area contributed by atoms with Crippen LogP contribution in [0.3, 0.4) is 0 Å². The molecular weight excluding hydrogens is 310 g/mol. The van der Waals surface area contributed by atoms with Crippen molar-refractivity contribution in [2.24, 2.45) is 5.92 Å². The topological polar surface area (TPSA) is 73.9 Å². The molecule has 2 atom stereocenters. The van der Waals surface area contributed by atoms with Crippen LogP contribution in [-0.2, 0) is 9.53 Å². The van der Waals surface area contributed by atoms with Crippen LogP contribution in [0, 0.1) is 5.92 Å². The van der Waals surface area contributed by atoms with Crippen LogP contribution in [0.2, 0.25) is 0 Å². The normalized spacial score (nSPS) is 20.1. The number of ether oxygens (including phenoxy) is 3. The third-order valence-electron chi connectivity index (χ3n) is 4.42. The molecule has 0 radical (unpaired) electrons. The summed E-state index contributed by atoms with van der Waals surface area (Å²) in [6.45, 7) is 1.82. The zero-order chi connectivity index (χ0) is 17.5. The van der Waals surface area contributed by atoms with E-state index in [4.69, 9.17) is 14.2 Å². The van der Waals surface area contributed by atoms with Gasteiger partial charge in [-0.25, -0.2) is 4.79 Å². The predicted molar refractivity (Wildman–Crippen MR) is 89.4 cm³/mol. The van der Waals surface area contributed by atoms with Crippen molar-refractivity contribution in [3.8, 4) is 11.5 Å². The van der Waals surface area contributed by atoms with Crippen LogP contribution in [-0.4, -0.2) is 38.7 Å². The smallest absolute Gasteiger partial charge is 0.346 e. The summed E-state index contributed by atoms with van der Waals surface area (Å²) >= 11 is 0. The molecule has 6 nitrogen and oxygen atoms in total. The van der Waals surface area contributed by atoms with Gasteiger partial charge in [-0.3, -0.25) is 4.79 Å². The quantitative estimate of drug-likeness (QED) is 0.809. The Bertz CT molecular complexity index is 565.